The first-order chi connectivity index (χ1) is 17.6. The quantitative estimate of drug-likeness (QED) is 0.117. The highest BCUT2D eigenvalue weighted by Crippen LogP contribution is 2.32. The van der Waals surface area contributed by atoms with Crippen LogP contribution in [0, 0.1) is 3.57 Å². The van der Waals surface area contributed by atoms with E-state index in [0.717, 1.165) is 28.3 Å². The Balaban J connectivity index is 1.14. The van der Waals surface area contributed by atoms with Crippen molar-refractivity contribution in [2.24, 2.45) is 0 Å². The fraction of sp³-hybridized carbons (Fsp3) is 0.207. The number of carbonyl (C=O) groups is 1. The van der Waals surface area contributed by atoms with Gasteiger partial charge in [-0.2, -0.15) is 0 Å². The molecule has 0 saturated heterocycles. The van der Waals surface area contributed by atoms with E-state index >= 15 is 0 Å². The molecule has 36 heavy (non-hydrogen) atoms. The van der Waals surface area contributed by atoms with Gasteiger partial charge in [-0.05, 0) is 82.0 Å². The van der Waals surface area contributed by atoms with Crippen LogP contribution in [0.5, 0.6) is 0 Å². The molecule has 4 rings (SSSR count). The van der Waals surface area contributed by atoms with Gasteiger partial charge >= 0.3 is 6.03 Å². The summed E-state index contributed by atoms with van der Waals surface area (Å²) in [5.74, 6) is 0. The summed E-state index contributed by atoms with van der Waals surface area (Å²) in [4.78, 5) is 13.2. The molecule has 0 aliphatic carbocycles. The zero-order valence-electron chi connectivity index (χ0n) is 19.9. The number of halogens is 1. The second-order valence-electron chi connectivity index (χ2n) is 8.51. The molecule has 1 atom stereocenters. The topological polar surface area (TPSA) is 73.4 Å². The molecule has 0 radical (unpaired) electrons. The number of urea groups is 1. The van der Waals surface area contributed by atoms with Crippen molar-refractivity contribution in [2.75, 3.05) is 25.0 Å². The number of aliphatic hydroxyl groups is 1. The van der Waals surface area contributed by atoms with E-state index in [2.05, 4.69) is 105 Å². The van der Waals surface area contributed by atoms with Crippen LogP contribution in [0.25, 0.3) is 21.6 Å². The summed E-state index contributed by atoms with van der Waals surface area (Å²) in [6.45, 7) is 1.14. The lowest BCUT2D eigenvalue weighted by molar-refractivity contribution is 0.181. The van der Waals surface area contributed by atoms with Gasteiger partial charge in [0.15, 0.2) is 0 Å². The maximum absolute atomic E-state index is 12.0. The van der Waals surface area contributed by atoms with Crippen molar-refractivity contribution in [2.45, 2.75) is 18.9 Å². The largest absolute Gasteiger partial charge is 0.389 e. The molecule has 7 heteroatoms. The third-order valence-corrected chi connectivity index (χ3v) is 7.54. The van der Waals surface area contributed by atoms with Crippen LogP contribution >= 0.6 is 33.9 Å². The Labute approximate surface area is 230 Å². The van der Waals surface area contributed by atoms with Crippen LogP contribution in [-0.4, -0.2) is 36.9 Å². The van der Waals surface area contributed by atoms with Crippen molar-refractivity contribution in [3.63, 3.8) is 0 Å². The first-order valence-electron chi connectivity index (χ1n) is 12.0. The molecular weight excluding hydrogens is 581 g/mol. The molecule has 1 heterocycles. The summed E-state index contributed by atoms with van der Waals surface area (Å²) in [6.07, 6.45) is 1.11. The Bertz CT molecular complexity index is 1230. The Hall–Kier alpha value is -2.88. The molecule has 0 aliphatic rings. The highest BCUT2D eigenvalue weighted by molar-refractivity contribution is 14.1. The summed E-state index contributed by atoms with van der Waals surface area (Å²) in [5, 5.41) is 20.1. The summed E-state index contributed by atoms with van der Waals surface area (Å²) in [7, 11) is 0. The van der Waals surface area contributed by atoms with Gasteiger partial charge in [0.2, 0.25) is 0 Å². The standard InChI is InChI=1S/C29H30IN3O2S/c30-25-14-8-21(9-15-25)5-4-18-31-29(35)33-20-26(34)19-32-28-17-16-27(36-28)24-12-10-23(11-13-24)22-6-2-1-3-7-22/h1-3,6-17,26,32,34H,4-5,18-20H2,(H2,31,33,35). The minimum absolute atomic E-state index is 0.190. The molecule has 3 aromatic carbocycles. The maximum atomic E-state index is 12.0. The van der Waals surface area contributed by atoms with Crippen molar-refractivity contribution in [3.8, 4) is 21.6 Å². The molecule has 0 spiro atoms. The first-order valence-corrected chi connectivity index (χ1v) is 13.9. The first kappa shape index (κ1) is 26.2. The highest BCUT2D eigenvalue weighted by Gasteiger charge is 2.09. The number of hydrogen-bond donors (Lipinski definition) is 4. The average molecular weight is 612 g/mol. The molecule has 1 aromatic heterocycles. The number of thiophene rings is 1. The molecule has 0 aliphatic heterocycles. The fourth-order valence-electron chi connectivity index (χ4n) is 3.75. The number of aliphatic hydroxyl groups excluding tert-OH is 1. The highest BCUT2D eigenvalue weighted by atomic mass is 127. The number of anilines is 1. The third kappa shape index (κ3) is 8.08. The van der Waals surface area contributed by atoms with Gasteiger partial charge < -0.3 is 21.1 Å². The number of rotatable bonds is 11. The van der Waals surface area contributed by atoms with E-state index in [1.54, 1.807) is 11.3 Å². The van der Waals surface area contributed by atoms with E-state index in [1.165, 1.54) is 20.3 Å². The van der Waals surface area contributed by atoms with Crippen molar-refractivity contribution in [3.05, 3.63) is 100 Å². The molecule has 4 aromatic rings. The number of hydrogen-bond acceptors (Lipinski definition) is 4. The lowest BCUT2D eigenvalue weighted by atomic mass is 10.0. The second kappa shape index (κ2) is 13.4. The number of benzene rings is 3. The van der Waals surface area contributed by atoms with Crippen LogP contribution in [-0.2, 0) is 6.42 Å². The average Bonchev–Trinajstić information content (AvgIpc) is 3.39. The minimum atomic E-state index is -0.682. The molecule has 1 unspecified atom stereocenters. The molecule has 0 bridgehead atoms. The summed E-state index contributed by atoms with van der Waals surface area (Å²) < 4.78 is 1.22. The lowest BCUT2D eigenvalue weighted by Gasteiger charge is -2.13. The van der Waals surface area contributed by atoms with Crippen LogP contribution in [0.4, 0.5) is 9.80 Å². The molecule has 5 nitrogen and oxygen atoms in total. The van der Waals surface area contributed by atoms with Crippen LogP contribution < -0.4 is 16.0 Å². The SMILES string of the molecule is O=C(NCCCc1ccc(I)cc1)NCC(O)CNc1ccc(-c2ccc(-c3ccccc3)cc2)s1. The Morgan fingerprint density at radius 2 is 1.50 bits per heavy atom. The van der Waals surface area contributed by atoms with E-state index in [1.807, 2.05) is 24.3 Å². The van der Waals surface area contributed by atoms with Crippen molar-refractivity contribution in [1.82, 2.24) is 10.6 Å². The van der Waals surface area contributed by atoms with E-state index in [-0.39, 0.29) is 12.6 Å². The predicted octanol–water partition coefficient (Wildman–Crippen LogP) is 6.39. The molecular formula is C29H30IN3O2S. The zero-order valence-corrected chi connectivity index (χ0v) is 22.9. The van der Waals surface area contributed by atoms with Gasteiger partial charge in [-0.15, -0.1) is 11.3 Å². The fourth-order valence-corrected chi connectivity index (χ4v) is 5.03. The van der Waals surface area contributed by atoms with Crippen LogP contribution in [0.3, 0.4) is 0 Å². The van der Waals surface area contributed by atoms with Crippen molar-refractivity contribution >= 4 is 45.0 Å². The Kier molecular flexibility index (Phi) is 9.77. The smallest absolute Gasteiger partial charge is 0.314 e. The summed E-state index contributed by atoms with van der Waals surface area (Å²) in [6, 6.07) is 31.1. The second-order valence-corrected chi connectivity index (χ2v) is 10.8. The molecule has 186 valence electrons. The van der Waals surface area contributed by atoms with Crippen molar-refractivity contribution < 1.29 is 9.90 Å². The normalized spacial score (nSPS) is 11.6. The number of carbonyl (C=O) groups excluding carboxylic acids is 1. The Morgan fingerprint density at radius 3 is 2.25 bits per heavy atom. The molecule has 2 amide bonds. The van der Waals surface area contributed by atoms with Crippen LogP contribution in [0.1, 0.15) is 12.0 Å². The molecule has 0 fully saturated rings. The molecule has 4 N–H and O–H groups in total. The van der Waals surface area contributed by atoms with Gasteiger partial charge in [0.1, 0.15) is 0 Å². The van der Waals surface area contributed by atoms with Gasteiger partial charge in [0.25, 0.3) is 0 Å². The van der Waals surface area contributed by atoms with E-state index < -0.39 is 6.10 Å². The summed E-state index contributed by atoms with van der Waals surface area (Å²) in [5.41, 5.74) is 4.82. The number of aryl methyl sites for hydroxylation is 1. The Morgan fingerprint density at radius 1 is 0.806 bits per heavy atom. The minimum Gasteiger partial charge on any atom is -0.389 e. The van der Waals surface area contributed by atoms with Crippen molar-refractivity contribution in [1.29, 1.82) is 0 Å². The van der Waals surface area contributed by atoms with Gasteiger partial charge in [0, 0.05) is 28.1 Å². The number of amides is 2. The van der Waals surface area contributed by atoms with Gasteiger partial charge in [-0.25, -0.2) is 4.79 Å². The maximum Gasteiger partial charge on any atom is 0.314 e. The zero-order chi connectivity index (χ0) is 25.2. The van der Waals surface area contributed by atoms with Crippen LogP contribution in [0.2, 0.25) is 0 Å². The van der Waals surface area contributed by atoms with Gasteiger partial charge in [-0.1, -0.05) is 66.7 Å². The predicted molar refractivity (Wildman–Crippen MR) is 159 cm³/mol. The monoisotopic (exact) mass is 611 g/mol. The van der Waals surface area contributed by atoms with Crippen LogP contribution in [0.15, 0.2) is 91.0 Å². The molecule has 0 saturated carbocycles. The number of nitrogens with one attached hydrogen (secondary N) is 3. The van der Waals surface area contributed by atoms with E-state index in [0.29, 0.717) is 13.1 Å². The van der Waals surface area contributed by atoms with Gasteiger partial charge in [0.05, 0.1) is 11.1 Å². The lowest BCUT2D eigenvalue weighted by Crippen LogP contribution is -2.41. The van der Waals surface area contributed by atoms with E-state index in [9.17, 15) is 9.90 Å². The van der Waals surface area contributed by atoms with E-state index in [4.69, 9.17) is 0 Å². The van der Waals surface area contributed by atoms with Gasteiger partial charge in [-0.3, -0.25) is 0 Å². The summed E-state index contributed by atoms with van der Waals surface area (Å²) >= 11 is 3.93. The third-order valence-electron chi connectivity index (χ3n) is 5.73.